The quantitative estimate of drug-likeness (QED) is 0.650. The molecule has 1 aromatic heterocycles. The largest absolute Gasteiger partial charge is 0.261 e. The first-order valence-corrected chi connectivity index (χ1v) is 4.76. The highest BCUT2D eigenvalue weighted by molar-refractivity contribution is 5.32. The Bertz CT molecular complexity index is 287. The highest BCUT2D eigenvalue weighted by Crippen LogP contribution is 2.41. The van der Waals surface area contributed by atoms with Crippen LogP contribution in [0.1, 0.15) is 42.5 Å². The molecule has 0 spiro atoms. The Morgan fingerprint density at radius 1 is 1.50 bits per heavy atom. The van der Waals surface area contributed by atoms with E-state index in [-0.39, 0.29) is 0 Å². The summed E-state index contributed by atoms with van der Waals surface area (Å²) >= 11 is 0. The van der Waals surface area contributed by atoms with Gasteiger partial charge in [0.05, 0.1) is 0 Å². The third-order valence-corrected chi connectivity index (χ3v) is 2.56. The van der Waals surface area contributed by atoms with E-state index in [9.17, 15) is 0 Å². The van der Waals surface area contributed by atoms with E-state index in [0.29, 0.717) is 0 Å². The first-order valence-electron chi connectivity index (χ1n) is 4.76. The van der Waals surface area contributed by atoms with Gasteiger partial charge in [0.15, 0.2) is 0 Å². The van der Waals surface area contributed by atoms with Crippen LogP contribution in [-0.2, 0) is 6.42 Å². The predicted octanol–water partition coefficient (Wildman–Crippen LogP) is 2.83. The Morgan fingerprint density at radius 2 is 2.25 bits per heavy atom. The molecule has 1 fully saturated rings. The molecule has 1 aliphatic carbocycles. The fourth-order valence-corrected chi connectivity index (χ4v) is 1.70. The van der Waals surface area contributed by atoms with E-state index >= 15 is 0 Å². The van der Waals surface area contributed by atoms with E-state index in [1.165, 1.54) is 24.0 Å². The van der Waals surface area contributed by atoms with E-state index in [4.69, 9.17) is 0 Å². The summed E-state index contributed by atoms with van der Waals surface area (Å²) in [6, 6.07) is 2.23. The van der Waals surface area contributed by atoms with E-state index in [1.807, 2.05) is 0 Å². The molecule has 0 amide bonds. The van der Waals surface area contributed by atoms with Gasteiger partial charge in [-0.25, -0.2) is 0 Å². The minimum Gasteiger partial charge on any atom is -0.261 e. The fourth-order valence-electron chi connectivity index (χ4n) is 1.70. The second-order valence-corrected chi connectivity index (χ2v) is 3.65. The number of hydrogen-bond donors (Lipinski definition) is 0. The van der Waals surface area contributed by atoms with E-state index in [0.717, 1.165) is 18.0 Å². The van der Waals surface area contributed by atoms with Crippen LogP contribution < -0.4 is 0 Å². The Hall–Kier alpha value is -0.850. The summed E-state index contributed by atoms with van der Waals surface area (Å²) in [6.45, 7) is 4.29. The molecule has 0 bridgehead atoms. The van der Waals surface area contributed by atoms with Crippen molar-refractivity contribution in [3.05, 3.63) is 29.1 Å². The Morgan fingerprint density at radius 3 is 2.83 bits per heavy atom. The van der Waals surface area contributed by atoms with Crippen LogP contribution in [0.15, 0.2) is 12.3 Å². The molecule has 0 saturated heterocycles. The van der Waals surface area contributed by atoms with E-state index < -0.39 is 0 Å². The summed E-state index contributed by atoms with van der Waals surface area (Å²) in [5, 5.41) is 0. The zero-order valence-electron chi connectivity index (χ0n) is 7.80. The average molecular weight is 161 g/mol. The normalized spacial score (nSPS) is 16.5. The van der Waals surface area contributed by atoms with Crippen molar-refractivity contribution < 1.29 is 0 Å². The lowest BCUT2D eigenvalue weighted by atomic mass is 10.0. The van der Waals surface area contributed by atoms with Gasteiger partial charge in [0, 0.05) is 11.9 Å². The molecule has 64 valence electrons. The highest BCUT2D eigenvalue weighted by atomic mass is 14.7. The molecule has 2 rings (SSSR count). The zero-order valence-corrected chi connectivity index (χ0v) is 7.80. The van der Waals surface area contributed by atoms with Gasteiger partial charge >= 0.3 is 0 Å². The standard InChI is InChI=1S/C11H15N/c1-3-9-6-8(2)12-7-11(9)10-4-5-10/h6-7,10H,3-5H2,1-2H3. The van der Waals surface area contributed by atoms with Gasteiger partial charge in [-0.05, 0) is 49.3 Å². The average Bonchev–Trinajstić information content (AvgIpc) is 2.87. The van der Waals surface area contributed by atoms with Crippen LogP contribution in [0.25, 0.3) is 0 Å². The van der Waals surface area contributed by atoms with Crippen molar-refractivity contribution in [2.45, 2.75) is 39.0 Å². The number of rotatable bonds is 2. The molecule has 0 unspecified atom stereocenters. The number of nitrogens with zero attached hydrogens (tertiary/aromatic N) is 1. The Labute approximate surface area is 73.8 Å². The minimum absolute atomic E-state index is 0.841. The van der Waals surface area contributed by atoms with Crippen molar-refractivity contribution in [2.24, 2.45) is 0 Å². The third-order valence-electron chi connectivity index (χ3n) is 2.56. The van der Waals surface area contributed by atoms with Gasteiger partial charge in [-0.2, -0.15) is 0 Å². The molecule has 1 heteroatoms. The predicted molar refractivity (Wildman–Crippen MR) is 50.3 cm³/mol. The first-order chi connectivity index (χ1) is 5.81. The second kappa shape index (κ2) is 2.89. The molecule has 12 heavy (non-hydrogen) atoms. The number of hydrogen-bond acceptors (Lipinski definition) is 1. The molecule has 0 aliphatic heterocycles. The maximum Gasteiger partial charge on any atom is 0.0375 e. The number of aryl methyl sites for hydroxylation is 2. The smallest absolute Gasteiger partial charge is 0.0375 e. The van der Waals surface area contributed by atoms with E-state index in [2.05, 4.69) is 31.1 Å². The van der Waals surface area contributed by atoms with Crippen LogP contribution in [0.2, 0.25) is 0 Å². The summed E-state index contributed by atoms with van der Waals surface area (Å²) in [5.41, 5.74) is 4.16. The summed E-state index contributed by atoms with van der Waals surface area (Å²) < 4.78 is 0. The van der Waals surface area contributed by atoms with Gasteiger partial charge < -0.3 is 0 Å². The lowest BCUT2D eigenvalue weighted by molar-refractivity contribution is 0.987. The molecule has 1 saturated carbocycles. The van der Waals surface area contributed by atoms with Crippen LogP contribution >= 0.6 is 0 Å². The van der Waals surface area contributed by atoms with Gasteiger partial charge in [-0.1, -0.05) is 6.92 Å². The van der Waals surface area contributed by atoms with Crippen molar-refractivity contribution in [1.82, 2.24) is 4.98 Å². The van der Waals surface area contributed by atoms with Gasteiger partial charge in [-0.15, -0.1) is 0 Å². The van der Waals surface area contributed by atoms with Crippen LogP contribution in [0.5, 0.6) is 0 Å². The monoisotopic (exact) mass is 161 g/mol. The molecule has 1 heterocycles. The summed E-state index contributed by atoms with van der Waals surface area (Å²) in [5.74, 6) is 0.841. The van der Waals surface area contributed by atoms with Crippen LogP contribution in [0.3, 0.4) is 0 Å². The van der Waals surface area contributed by atoms with Crippen LogP contribution in [-0.4, -0.2) is 4.98 Å². The second-order valence-electron chi connectivity index (χ2n) is 3.65. The first kappa shape index (κ1) is 7.78. The molecule has 0 atom stereocenters. The fraction of sp³-hybridized carbons (Fsp3) is 0.545. The van der Waals surface area contributed by atoms with Crippen molar-refractivity contribution in [3.8, 4) is 0 Å². The third kappa shape index (κ3) is 1.36. The molecule has 1 aliphatic rings. The number of aromatic nitrogens is 1. The van der Waals surface area contributed by atoms with Gasteiger partial charge in [0.2, 0.25) is 0 Å². The van der Waals surface area contributed by atoms with Crippen molar-refractivity contribution in [2.75, 3.05) is 0 Å². The lowest BCUT2D eigenvalue weighted by Gasteiger charge is -2.05. The molecule has 0 N–H and O–H groups in total. The topological polar surface area (TPSA) is 12.9 Å². The summed E-state index contributed by atoms with van der Waals surface area (Å²) in [7, 11) is 0. The van der Waals surface area contributed by atoms with Crippen LogP contribution in [0, 0.1) is 6.92 Å². The van der Waals surface area contributed by atoms with Gasteiger partial charge in [0.1, 0.15) is 0 Å². The van der Waals surface area contributed by atoms with Crippen molar-refractivity contribution in [1.29, 1.82) is 0 Å². The van der Waals surface area contributed by atoms with E-state index in [1.54, 1.807) is 0 Å². The van der Waals surface area contributed by atoms with Gasteiger partial charge in [0.25, 0.3) is 0 Å². The summed E-state index contributed by atoms with van der Waals surface area (Å²) in [6.07, 6.45) is 5.97. The maximum absolute atomic E-state index is 4.35. The zero-order chi connectivity index (χ0) is 8.55. The van der Waals surface area contributed by atoms with Crippen molar-refractivity contribution in [3.63, 3.8) is 0 Å². The summed E-state index contributed by atoms with van der Waals surface area (Å²) in [4.78, 5) is 4.35. The molecule has 0 aromatic carbocycles. The molecule has 0 radical (unpaired) electrons. The van der Waals surface area contributed by atoms with Crippen LogP contribution in [0.4, 0.5) is 0 Å². The Kier molecular flexibility index (Phi) is 1.87. The maximum atomic E-state index is 4.35. The van der Waals surface area contributed by atoms with Gasteiger partial charge in [-0.3, -0.25) is 4.98 Å². The SMILES string of the molecule is CCc1cc(C)ncc1C1CC1. The van der Waals surface area contributed by atoms with Crippen molar-refractivity contribution >= 4 is 0 Å². The molecule has 1 nitrogen and oxygen atoms in total. The lowest BCUT2D eigenvalue weighted by Crippen LogP contribution is -1.93. The Balaban J connectivity index is 2.38. The minimum atomic E-state index is 0.841. The highest BCUT2D eigenvalue weighted by Gasteiger charge is 2.25. The molecule has 1 aromatic rings. The number of pyridine rings is 1. The molecular formula is C11H15N. The molecular weight excluding hydrogens is 146 g/mol.